The van der Waals surface area contributed by atoms with E-state index in [0.717, 1.165) is 11.1 Å². The fraction of sp³-hybridized carbons (Fsp3) is 0.412. The van der Waals surface area contributed by atoms with E-state index in [1.165, 1.54) is 0 Å². The van der Waals surface area contributed by atoms with Crippen LogP contribution in [0, 0.1) is 19.8 Å². The first-order chi connectivity index (χ1) is 9.90. The van der Waals surface area contributed by atoms with E-state index >= 15 is 0 Å². The molecule has 21 heavy (non-hydrogen) atoms. The molecule has 4 nitrogen and oxygen atoms in total. The van der Waals surface area contributed by atoms with Crippen LogP contribution in [0.5, 0.6) is 5.75 Å². The second kappa shape index (κ2) is 4.72. The van der Waals surface area contributed by atoms with Crippen molar-refractivity contribution in [2.24, 2.45) is 5.92 Å². The van der Waals surface area contributed by atoms with Gasteiger partial charge in [0.2, 0.25) is 0 Å². The number of hydrogen-bond donors (Lipinski definition) is 0. The average molecular weight is 286 g/mol. The van der Waals surface area contributed by atoms with Crippen LogP contribution in [0.4, 0.5) is 0 Å². The molecule has 0 bridgehead atoms. The second-order valence-corrected chi connectivity index (χ2v) is 5.93. The minimum absolute atomic E-state index is 0.0181. The summed E-state index contributed by atoms with van der Waals surface area (Å²) in [6, 6.07) is 3.81. The molecule has 3 rings (SSSR count). The van der Waals surface area contributed by atoms with Crippen LogP contribution >= 0.6 is 0 Å². The first kappa shape index (κ1) is 13.9. The van der Waals surface area contributed by atoms with Crippen molar-refractivity contribution < 1.29 is 19.1 Å². The number of carbonyl (C=O) groups excluding carboxylic acids is 2. The summed E-state index contributed by atoms with van der Waals surface area (Å²) in [5.74, 6) is 0.511. The minimum atomic E-state index is -0.440. The number of ether oxygens (including phenoxy) is 2. The molecule has 110 valence electrons. The Morgan fingerprint density at radius 2 is 1.76 bits per heavy atom. The van der Waals surface area contributed by atoms with Crippen molar-refractivity contribution in [3.05, 3.63) is 40.2 Å². The molecule has 0 aromatic heterocycles. The van der Waals surface area contributed by atoms with Gasteiger partial charge in [-0.15, -0.1) is 0 Å². The largest absolute Gasteiger partial charge is 0.481 e. The third kappa shape index (κ3) is 2.06. The van der Waals surface area contributed by atoms with Gasteiger partial charge in [0.15, 0.2) is 17.6 Å². The number of Topliss-reactive ketones (excluding diaryl/α,β-unsaturated/α-hetero) is 1. The fourth-order valence-electron chi connectivity index (χ4n) is 2.93. The van der Waals surface area contributed by atoms with Crippen LogP contribution in [0.3, 0.4) is 0 Å². The number of aryl methyl sites for hydroxylation is 2. The number of fused-ring (bicyclic) bond motifs is 2. The summed E-state index contributed by atoms with van der Waals surface area (Å²) in [4.78, 5) is 24.4. The lowest BCUT2D eigenvalue weighted by atomic mass is 9.86. The maximum Gasteiger partial charge on any atom is 0.347 e. The summed E-state index contributed by atoms with van der Waals surface area (Å²) in [6.45, 7) is 7.40. The topological polar surface area (TPSA) is 52.6 Å². The van der Waals surface area contributed by atoms with Gasteiger partial charge in [0.25, 0.3) is 0 Å². The van der Waals surface area contributed by atoms with E-state index in [4.69, 9.17) is 9.47 Å². The maximum absolute atomic E-state index is 12.4. The van der Waals surface area contributed by atoms with Crippen LogP contribution in [0.15, 0.2) is 23.5 Å². The van der Waals surface area contributed by atoms with E-state index in [2.05, 4.69) is 0 Å². The molecule has 2 atom stereocenters. The SMILES string of the molecule is CC1=C2OC(=O)c3c(C)ccc(C)c3OC2C(C)CC1=O. The van der Waals surface area contributed by atoms with E-state index < -0.39 is 5.97 Å². The van der Waals surface area contributed by atoms with E-state index in [-0.39, 0.29) is 17.8 Å². The third-order valence-corrected chi connectivity index (χ3v) is 4.28. The molecular weight excluding hydrogens is 268 g/mol. The summed E-state index contributed by atoms with van der Waals surface area (Å²) >= 11 is 0. The molecule has 1 heterocycles. The van der Waals surface area contributed by atoms with Crippen molar-refractivity contribution >= 4 is 11.8 Å². The number of allylic oxidation sites excluding steroid dienone is 1. The normalized spacial score (nSPS) is 24.8. The van der Waals surface area contributed by atoms with Crippen molar-refractivity contribution in [1.29, 1.82) is 0 Å². The summed E-state index contributed by atoms with van der Waals surface area (Å²) in [6.07, 6.45) is 0.0333. The number of rotatable bonds is 0. The van der Waals surface area contributed by atoms with Gasteiger partial charge in [0.05, 0.1) is 0 Å². The van der Waals surface area contributed by atoms with Crippen molar-refractivity contribution in [2.75, 3.05) is 0 Å². The highest BCUT2D eigenvalue weighted by atomic mass is 16.6. The Morgan fingerprint density at radius 3 is 2.48 bits per heavy atom. The zero-order valence-electron chi connectivity index (χ0n) is 12.6. The van der Waals surface area contributed by atoms with Crippen LogP contribution in [0.2, 0.25) is 0 Å². The Kier molecular flexibility index (Phi) is 3.12. The zero-order valence-corrected chi connectivity index (χ0v) is 12.6. The third-order valence-electron chi connectivity index (χ3n) is 4.28. The molecule has 1 aliphatic carbocycles. The number of hydrogen-bond acceptors (Lipinski definition) is 4. The molecular formula is C17H18O4. The number of ketones is 1. The van der Waals surface area contributed by atoms with Crippen molar-refractivity contribution in [2.45, 2.75) is 40.2 Å². The van der Waals surface area contributed by atoms with Gasteiger partial charge in [-0.05, 0) is 31.9 Å². The molecule has 1 aliphatic heterocycles. The lowest BCUT2D eigenvalue weighted by molar-refractivity contribution is -0.118. The molecule has 4 heteroatoms. The Hall–Kier alpha value is -2.10. The second-order valence-electron chi connectivity index (χ2n) is 5.93. The van der Waals surface area contributed by atoms with Gasteiger partial charge in [-0.25, -0.2) is 4.79 Å². The highest BCUT2D eigenvalue weighted by Gasteiger charge is 2.40. The molecule has 1 aromatic rings. The molecule has 0 amide bonds. The molecule has 0 saturated carbocycles. The lowest BCUT2D eigenvalue weighted by Crippen LogP contribution is -2.35. The van der Waals surface area contributed by atoms with E-state index in [1.807, 2.05) is 32.9 Å². The van der Waals surface area contributed by atoms with Gasteiger partial charge in [-0.1, -0.05) is 19.1 Å². The molecule has 0 N–H and O–H groups in total. The van der Waals surface area contributed by atoms with Gasteiger partial charge in [0.1, 0.15) is 11.3 Å². The Morgan fingerprint density at radius 1 is 1.10 bits per heavy atom. The zero-order chi connectivity index (χ0) is 15.3. The smallest absolute Gasteiger partial charge is 0.347 e. The van der Waals surface area contributed by atoms with Gasteiger partial charge in [-0.2, -0.15) is 0 Å². The summed E-state index contributed by atoms with van der Waals surface area (Å²) in [5.41, 5.74) is 2.67. The Balaban J connectivity index is 2.20. The Labute approximate surface area is 123 Å². The van der Waals surface area contributed by atoms with Crippen LogP contribution in [0.25, 0.3) is 0 Å². The summed E-state index contributed by atoms with van der Waals surface area (Å²) < 4.78 is 11.6. The molecule has 0 radical (unpaired) electrons. The van der Waals surface area contributed by atoms with Crippen molar-refractivity contribution in [3.8, 4) is 5.75 Å². The average Bonchev–Trinajstić information content (AvgIpc) is 2.58. The fourth-order valence-corrected chi connectivity index (χ4v) is 2.93. The minimum Gasteiger partial charge on any atom is -0.481 e. The number of carbonyl (C=O) groups is 2. The van der Waals surface area contributed by atoms with Gasteiger partial charge in [-0.3, -0.25) is 4.79 Å². The van der Waals surface area contributed by atoms with Gasteiger partial charge < -0.3 is 9.47 Å². The van der Waals surface area contributed by atoms with E-state index in [0.29, 0.717) is 29.1 Å². The number of benzene rings is 1. The molecule has 2 unspecified atom stereocenters. The summed E-state index contributed by atoms with van der Waals surface area (Å²) in [5, 5.41) is 0. The predicted molar refractivity (Wildman–Crippen MR) is 77.2 cm³/mol. The quantitative estimate of drug-likeness (QED) is 0.688. The first-order valence-electron chi connectivity index (χ1n) is 7.13. The number of esters is 1. The molecule has 0 saturated heterocycles. The first-order valence-corrected chi connectivity index (χ1v) is 7.13. The highest BCUT2D eigenvalue weighted by Crippen LogP contribution is 2.39. The monoisotopic (exact) mass is 286 g/mol. The maximum atomic E-state index is 12.4. The van der Waals surface area contributed by atoms with Crippen LogP contribution in [-0.4, -0.2) is 17.9 Å². The van der Waals surface area contributed by atoms with Crippen LogP contribution in [0.1, 0.15) is 41.8 Å². The molecule has 0 spiro atoms. The van der Waals surface area contributed by atoms with Crippen LogP contribution in [-0.2, 0) is 9.53 Å². The van der Waals surface area contributed by atoms with Gasteiger partial charge >= 0.3 is 5.97 Å². The van der Waals surface area contributed by atoms with Crippen molar-refractivity contribution in [3.63, 3.8) is 0 Å². The molecule has 0 fully saturated rings. The van der Waals surface area contributed by atoms with Crippen LogP contribution < -0.4 is 4.74 Å². The molecule has 2 aliphatic rings. The lowest BCUT2D eigenvalue weighted by Gasteiger charge is -2.29. The van der Waals surface area contributed by atoms with E-state index in [1.54, 1.807) is 6.92 Å². The Bertz CT molecular complexity index is 684. The van der Waals surface area contributed by atoms with Gasteiger partial charge in [0, 0.05) is 17.9 Å². The standard InChI is InChI=1S/C17H18O4/c1-8-5-6-9(2)14-13(8)17(19)21-16-11(4)12(18)7-10(3)15(16)20-14/h5-6,10,15H,7H2,1-4H3. The predicted octanol–water partition coefficient (Wildman–Crippen LogP) is 3.10. The highest BCUT2D eigenvalue weighted by molar-refractivity contribution is 5.99. The summed E-state index contributed by atoms with van der Waals surface area (Å²) in [7, 11) is 0. The molecule has 1 aromatic carbocycles. The van der Waals surface area contributed by atoms with Crippen molar-refractivity contribution in [1.82, 2.24) is 0 Å². The van der Waals surface area contributed by atoms with E-state index in [9.17, 15) is 9.59 Å².